The third-order valence-corrected chi connectivity index (χ3v) is 4.35. The van der Waals surface area contributed by atoms with Gasteiger partial charge in [-0.1, -0.05) is 13.8 Å². The van der Waals surface area contributed by atoms with E-state index < -0.39 is 0 Å². The van der Waals surface area contributed by atoms with E-state index in [1.165, 1.54) is 19.3 Å². The van der Waals surface area contributed by atoms with E-state index in [1.807, 2.05) is 0 Å². The van der Waals surface area contributed by atoms with Crippen molar-refractivity contribution in [2.75, 3.05) is 13.1 Å². The van der Waals surface area contributed by atoms with Gasteiger partial charge in [0, 0.05) is 12.3 Å². The molecule has 1 atom stereocenters. The zero-order valence-corrected chi connectivity index (χ0v) is 10.7. The Morgan fingerprint density at radius 3 is 2.56 bits per heavy atom. The van der Waals surface area contributed by atoms with Crippen molar-refractivity contribution >= 4 is 5.78 Å². The number of nitrogens with one attached hydrogen (secondary N) is 1. The first-order valence-corrected chi connectivity index (χ1v) is 6.80. The molecule has 1 aliphatic carbocycles. The standard InChI is InChI=1S/C14H25NO/c1-14(2)6-3-12(13(16)10-14)9-11-4-7-15-8-5-11/h11-12,15H,3-10H2,1-2H3. The number of Topliss-reactive ketones (excluding diaryl/α,β-unsaturated/α-hetero) is 1. The average molecular weight is 223 g/mol. The van der Waals surface area contributed by atoms with Crippen LogP contribution in [-0.2, 0) is 4.79 Å². The Morgan fingerprint density at radius 1 is 1.25 bits per heavy atom. The molecule has 1 unspecified atom stereocenters. The van der Waals surface area contributed by atoms with Gasteiger partial charge in [0.25, 0.3) is 0 Å². The highest BCUT2D eigenvalue weighted by Crippen LogP contribution is 2.38. The predicted octanol–water partition coefficient (Wildman–Crippen LogP) is 2.77. The number of ketones is 1. The minimum absolute atomic E-state index is 0.266. The molecule has 1 aliphatic heterocycles. The Morgan fingerprint density at radius 2 is 1.94 bits per heavy atom. The maximum absolute atomic E-state index is 12.1. The van der Waals surface area contributed by atoms with Crippen molar-refractivity contribution in [1.29, 1.82) is 0 Å². The number of piperidine rings is 1. The molecule has 1 N–H and O–H groups in total. The van der Waals surface area contributed by atoms with Gasteiger partial charge in [-0.3, -0.25) is 4.79 Å². The fraction of sp³-hybridized carbons (Fsp3) is 0.929. The van der Waals surface area contributed by atoms with Gasteiger partial charge in [-0.25, -0.2) is 0 Å². The van der Waals surface area contributed by atoms with E-state index in [9.17, 15) is 4.79 Å². The third-order valence-electron chi connectivity index (χ3n) is 4.35. The summed E-state index contributed by atoms with van der Waals surface area (Å²) < 4.78 is 0. The van der Waals surface area contributed by atoms with Gasteiger partial charge in [-0.2, -0.15) is 0 Å². The summed E-state index contributed by atoms with van der Waals surface area (Å²) in [7, 11) is 0. The molecular formula is C14H25NO. The van der Waals surface area contributed by atoms with Crippen molar-refractivity contribution in [1.82, 2.24) is 5.32 Å². The SMILES string of the molecule is CC1(C)CCC(CC2CCNCC2)C(=O)C1. The van der Waals surface area contributed by atoms with Crippen molar-refractivity contribution in [3.05, 3.63) is 0 Å². The molecule has 16 heavy (non-hydrogen) atoms. The number of hydrogen-bond acceptors (Lipinski definition) is 2. The van der Waals surface area contributed by atoms with E-state index in [0.29, 0.717) is 11.7 Å². The number of carbonyl (C=O) groups excluding carboxylic acids is 1. The molecular weight excluding hydrogens is 198 g/mol. The monoisotopic (exact) mass is 223 g/mol. The van der Waals surface area contributed by atoms with Crippen LogP contribution in [0.4, 0.5) is 0 Å². The second-order valence-corrected chi connectivity index (χ2v) is 6.47. The Balaban J connectivity index is 1.84. The molecule has 2 nitrogen and oxygen atoms in total. The molecule has 1 heterocycles. The lowest BCUT2D eigenvalue weighted by Crippen LogP contribution is -2.34. The molecule has 0 aromatic carbocycles. The molecule has 92 valence electrons. The van der Waals surface area contributed by atoms with Crippen LogP contribution < -0.4 is 5.32 Å². The summed E-state index contributed by atoms with van der Waals surface area (Å²) in [5, 5.41) is 3.39. The van der Waals surface area contributed by atoms with Crippen LogP contribution in [0, 0.1) is 17.3 Å². The number of carbonyl (C=O) groups is 1. The molecule has 0 amide bonds. The molecule has 2 fully saturated rings. The highest BCUT2D eigenvalue weighted by Gasteiger charge is 2.34. The minimum Gasteiger partial charge on any atom is -0.317 e. The summed E-state index contributed by atoms with van der Waals surface area (Å²) >= 11 is 0. The van der Waals surface area contributed by atoms with E-state index in [-0.39, 0.29) is 5.41 Å². The number of rotatable bonds is 2. The molecule has 0 radical (unpaired) electrons. The van der Waals surface area contributed by atoms with Crippen LogP contribution in [0.25, 0.3) is 0 Å². The van der Waals surface area contributed by atoms with Gasteiger partial charge >= 0.3 is 0 Å². The van der Waals surface area contributed by atoms with Gasteiger partial charge < -0.3 is 5.32 Å². The summed E-state index contributed by atoms with van der Waals surface area (Å²) in [5.74, 6) is 1.72. The average Bonchev–Trinajstić information content (AvgIpc) is 2.23. The summed E-state index contributed by atoms with van der Waals surface area (Å²) in [6.45, 7) is 6.76. The topological polar surface area (TPSA) is 29.1 Å². The smallest absolute Gasteiger partial charge is 0.136 e. The Bertz CT molecular complexity index is 253. The van der Waals surface area contributed by atoms with Gasteiger partial charge in [0.05, 0.1) is 0 Å². The number of hydrogen-bond donors (Lipinski definition) is 1. The minimum atomic E-state index is 0.266. The largest absolute Gasteiger partial charge is 0.317 e. The van der Waals surface area contributed by atoms with E-state index in [2.05, 4.69) is 19.2 Å². The molecule has 0 spiro atoms. The quantitative estimate of drug-likeness (QED) is 0.780. The van der Waals surface area contributed by atoms with Gasteiger partial charge in [0.2, 0.25) is 0 Å². The first kappa shape index (κ1) is 12.1. The maximum Gasteiger partial charge on any atom is 0.136 e. The van der Waals surface area contributed by atoms with Crippen LogP contribution >= 0.6 is 0 Å². The molecule has 2 rings (SSSR count). The van der Waals surface area contributed by atoms with Crippen LogP contribution in [0.15, 0.2) is 0 Å². The second-order valence-electron chi connectivity index (χ2n) is 6.47. The first-order valence-electron chi connectivity index (χ1n) is 6.80. The van der Waals surface area contributed by atoms with E-state index in [1.54, 1.807) is 0 Å². The van der Waals surface area contributed by atoms with E-state index in [4.69, 9.17) is 0 Å². The fourth-order valence-electron chi connectivity index (χ4n) is 3.20. The molecule has 2 heteroatoms. The zero-order chi connectivity index (χ0) is 11.6. The first-order chi connectivity index (χ1) is 7.57. The predicted molar refractivity (Wildman–Crippen MR) is 66.3 cm³/mol. The van der Waals surface area contributed by atoms with Gasteiger partial charge in [0.1, 0.15) is 5.78 Å². The lowest BCUT2D eigenvalue weighted by molar-refractivity contribution is -0.128. The van der Waals surface area contributed by atoms with Gasteiger partial charge in [-0.15, -0.1) is 0 Å². The van der Waals surface area contributed by atoms with Crippen LogP contribution in [0.3, 0.4) is 0 Å². The van der Waals surface area contributed by atoms with Gasteiger partial charge in [-0.05, 0) is 56.5 Å². The molecule has 0 aromatic rings. The molecule has 1 saturated carbocycles. The highest BCUT2D eigenvalue weighted by atomic mass is 16.1. The Labute approximate surface area is 99.2 Å². The van der Waals surface area contributed by atoms with E-state index in [0.717, 1.165) is 38.3 Å². The molecule has 1 saturated heterocycles. The molecule has 2 aliphatic rings. The van der Waals surface area contributed by atoms with Crippen LogP contribution in [0.2, 0.25) is 0 Å². The Kier molecular flexibility index (Phi) is 3.68. The van der Waals surface area contributed by atoms with E-state index >= 15 is 0 Å². The highest BCUT2D eigenvalue weighted by molar-refractivity contribution is 5.82. The summed E-state index contributed by atoms with van der Waals surface area (Å²) in [6, 6.07) is 0. The second kappa shape index (κ2) is 4.87. The Hall–Kier alpha value is -0.370. The van der Waals surface area contributed by atoms with Gasteiger partial charge in [0.15, 0.2) is 0 Å². The lowest BCUT2D eigenvalue weighted by atomic mass is 9.69. The lowest BCUT2D eigenvalue weighted by Gasteiger charge is -2.35. The van der Waals surface area contributed by atoms with Crippen LogP contribution in [0.5, 0.6) is 0 Å². The zero-order valence-electron chi connectivity index (χ0n) is 10.7. The normalized spacial score (nSPS) is 31.6. The van der Waals surface area contributed by atoms with Crippen LogP contribution in [-0.4, -0.2) is 18.9 Å². The summed E-state index contributed by atoms with van der Waals surface area (Å²) in [5.41, 5.74) is 0.266. The fourth-order valence-corrected chi connectivity index (χ4v) is 3.20. The summed E-state index contributed by atoms with van der Waals surface area (Å²) in [6.07, 6.45) is 6.88. The maximum atomic E-state index is 12.1. The van der Waals surface area contributed by atoms with Crippen molar-refractivity contribution in [3.63, 3.8) is 0 Å². The molecule has 0 bridgehead atoms. The van der Waals surface area contributed by atoms with Crippen molar-refractivity contribution in [2.45, 2.75) is 52.4 Å². The van der Waals surface area contributed by atoms with Crippen molar-refractivity contribution in [3.8, 4) is 0 Å². The third kappa shape index (κ3) is 3.07. The summed E-state index contributed by atoms with van der Waals surface area (Å²) in [4.78, 5) is 12.1. The van der Waals surface area contributed by atoms with Crippen molar-refractivity contribution < 1.29 is 4.79 Å². The van der Waals surface area contributed by atoms with Crippen LogP contribution in [0.1, 0.15) is 52.4 Å². The molecule has 0 aromatic heterocycles. The van der Waals surface area contributed by atoms with Crippen molar-refractivity contribution in [2.24, 2.45) is 17.3 Å².